The Kier molecular flexibility index (Phi) is 5.26. The summed E-state index contributed by atoms with van der Waals surface area (Å²) in [6.07, 6.45) is 7.55. The van der Waals surface area contributed by atoms with Crippen molar-refractivity contribution in [1.82, 2.24) is 19.3 Å². The zero-order valence-electron chi connectivity index (χ0n) is 20.4. The van der Waals surface area contributed by atoms with Gasteiger partial charge in [0.2, 0.25) is 0 Å². The van der Waals surface area contributed by atoms with Crippen molar-refractivity contribution in [2.24, 2.45) is 7.05 Å². The summed E-state index contributed by atoms with van der Waals surface area (Å²) < 4.78 is 3.90. The molecule has 0 atom stereocenters. The molecule has 38 heavy (non-hydrogen) atoms. The predicted molar refractivity (Wildman–Crippen MR) is 148 cm³/mol. The van der Waals surface area contributed by atoms with Crippen LogP contribution in [0.1, 0.15) is 0 Å². The molecule has 0 spiro atoms. The minimum Gasteiger partial charge on any atom is -0.413 e. The molecule has 0 aliphatic carbocycles. The average molecular weight is 580 g/mol. The molecule has 0 saturated carbocycles. The Balaban J connectivity index is 0.00000242. The van der Waals surface area contributed by atoms with Crippen LogP contribution in [0.2, 0.25) is 0 Å². The summed E-state index contributed by atoms with van der Waals surface area (Å²) in [7, 11) is 2.02. The molecule has 2 aromatic heterocycles. The molecule has 0 N–H and O–H groups in total. The minimum absolute atomic E-state index is 0. The topological polar surface area (TPSA) is 38.9 Å². The second kappa shape index (κ2) is 8.70. The molecule has 0 amide bonds. The van der Waals surface area contributed by atoms with Gasteiger partial charge in [-0.05, 0) is 11.8 Å². The molecule has 182 valence electrons. The number of benzene rings is 4. The number of aromatic nitrogens is 4. The molecule has 2 aliphatic rings. The van der Waals surface area contributed by atoms with Gasteiger partial charge >= 0.3 is 27.3 Å². The first-order valence-corrected chi connectivity index (χ1v) is 12.4. The summed E-state index contributed by atoms with van der Waals surface area (Å²) >= 11 is 0. The maximum Gasteiger partial charge on any atom is 2.00 e. The third kappa shape index (κ3) is 3.23. The van der Waals surface area contributed by atoms with Crippen LogP contribution < -0.4 is 15.7 Å². The molecule has 6 aromatic rings. The number of aryl methyl sites for hydroxylation is 1. The molecular weight excluding hydrogens is 560 g/mol. The second-order valence-electron chi connectivity index (χ2n) is 9.50. The summed E-state index contributed by atoms with van der Waals surface area (Å²) in [5.41, 5.74) is 11.3. The van der Waals surface area contributed by atoms with Gasteiger partial charge in [-0.25, -0.2) is 0 Å². The number of hydrogen-bond donors (Lipinski definition) is 0. The van der Waals surface area contributed by atoms with Crippen LogP contribution in [0.15, 0.2) is 104 Å². The van der Waals surface area contributed by atoms with Gasteiger partial charge < -0.3 is 9.38 Å². The summed E-state index contributed by atoms with van der Waals surface area (Å²) in [4.78, 5) is 7.02. The first-order chi connectivity index (χ1) is 18.3. The molecule has 2 aliphatic heterocycles. The number of imidazole rings is 1. The first-order valence-electron chi connectivity index (χ1n) is 12.4. The number of hydrogen-bond acceptors (Lipinski definition) is 3. The second-order valence-corrected chi connectivity index (χ2v) is 9.50. The summed E-state index contributed by atoms with van der Waals surface area (Å²) in [6.45, 7) is 0.00407. The molecule has 7 heteroatoms. The van der Waals surface area contributed by atoms with Crippen LogP contribution in [-0.2, 0) is 27.5 Å². The normalized spacial score (nSPS) is 12.6. The van der Waals surface area contributed by atoms with E-state index in [9.17, 15) is 0 Å². The molecule has 5 nitrogen and oxygen atoms in total. The Hall–Kier alpha value is -4.17. The van der Waals surface area contributed by atoms with Gasteiger partial charge in [0.15, 0.2) is 0 Å². The maximum atomic E-state index is 4.61. The van der Waals surface area contributed by atoms with Crippen LogP contribution >= 0.6 is 0 Å². The van der Waals surface area contributed by atoms with Gasteiger partial charge in [-0.1, -0.05) is 87.5 Å². The van der Waals surface area contributed by atoms with Gasteiger partial charge in [-0.15, -0.1) is 41.5 Å². The summed E-state index contributed by atoms with van der Waals surface area (Å²) in [5.74, 6) is 0.894. The SMILES string of the molecule is Cn1ccnc1-c1[c-]c2c(cc1)-c1ccccc1B1c3ccccc3-c3ccc(-n4cccn4)[c-]c3N12.[Pd+2]. The standard InChI is InChI=1S/C31H20BN5.Pd/c1-35-18-16-33-31(35)21-11-13-25-23-7-2-4-9-27(23)32-28-10-5-3-8-24(28)26-14-12-22(36-17-6-15-34-36)20-30(26)37(32)29(25)19-21;/h2-18H,1H3;/q-2;+2. The van der Waals surface area contributed by atoms with Gasteiger partial charge in [0, 0.05) is 31.8 Å². The van der Waals surface area contributed by atoms with E-state index < -0.39 is 0 Å². The van der Waals surface area contributed by atoms with Gasteiger partial charge in [-0.2, -0.15) is 11.2 Å². The molecule has 0 fully saturated rings. The van der Waals surface area contributed by atoms with Gasteiger partial charge in [0.05, 0.1) is 5.82 Å². The van der Waals surface area contributed by atoms with E-state index in [4.69, 9.17) is 0 Å². The summed E-state index contributed by atoms with van der Waals surface area (Å²) in [6, 6.07) is 35.5. The minimum atomic E-state index is 0. The first kappa shape index (κ1) is 23.0. The van der Waals surface area contributed by atoms with Crippen LogP contribution in [0.3, 0.4) is 0 Å². The van der Waals surface area contributed by atoms with Crippen molar-refractivity contribution >= 4 is 29.1 Å². The molecule has 0 unspecified atom stereocenters. The third-order valence-corrected chi connectivity index (χ3v) is 7.48. The van der Waals surface area contributed by atoms with E-state index >= 15 is 0 Å². The molecule has 4 heterocycles. The van der Waals surface area contributed by atoms with E-state index in [-0.39, 0.29) is 27.3 Å². The molecular formula is C31H20BN5Pd. The largest absolute Gasteiger partial charge is 2.00 e. The molecule has 8 rings (SSSR count). The average Bonchev–Trinajstić information content (AvgIpc) is 3.64. The Labute approximate surface area is 235 Å². The van der Waals surface area contributed by atoms with E-state index in [0.29, 0.717) is 0 Å². The predicted octanol–water partition coefficient (Wildman–Crippen LogP) is 4.78. The van der Waals surface area contributed by atoms with E-state index in [2.05, 4.69) is 99.8 Å². The van der Waals surface area contributed by atoms with Crippen molar-refractivity contribution in [3.63, 3.8) is 0 Å². The fraction of sp³-hybridized carbons (Fsp3) is 0.0323. The Morgan fingerprint density at radius 2 is 1.37 bits per heavy atom. The quantitative estimate of drug-likeness (QED) is 0.219. The van der Waals surface area contributed by atoms with Crippen molar-refractivity contribution < 1.29 is 20.4 Å². The van der Waals surface area contributed by atoms with Gasteiger partial charge in [0.1, 0.15) is 0 Å². The Bertz CT molecular complexity index is 1820. The fourth-order valence-electron chi connectivity index (χ4n) is 5.85. The van der Waals surface area contributed by atoms with E-state index in [0.717, 1.165) is 39.6 Å². The van der Waals surface area contributed by atoms with Gasteiger partial charge in [0.25, 0.3) is 0 Å². The maximum absolute atomic E-state index is 4.61. The fourth-order valence-corrected chi connectivity index (χ4v) is 5.85. The van der Waals surface area contributed by atoms with Crippen molar-refractivity contribution in [3.8, 4) is 39.3 Å². The van der Waals surface area contributed by atoms with Crippen LogP contribution in [0.25, 0.3) is 39.3 Å². The summed E-state index contributed by atoms with van der Waals surface area (Å²) in [5, 5.41) is 4.47. The Morgan fingerprint density at radius 1 is 0.684 bits per heavy atom. The van der Waals surface area contributed by atoms with Crippen LogP contribution in [-0.4, -0.2) is 26.2 Å². The third-order valence-electron chi connectivity index (χ3n) is 7.48. The number of fused-ring (bicyclic) bond motifs is 11. The zero-order valence-corrected chi connectivity index (χ0v) is 22.0. The van der Waals surface area contributed by atoms with E-state index in [1.807, 2.05) is 41.0 Å². The molecule has 0 bridgehead atoms. The Morgan fingerprint density at radius 3 is 2.03 bits per heavy atom. The zero-order chi connectivity index (χ0) is 24.5. The van der Waals surface area contributed by atoms with E-state index in [1.54, 1.807) is 6.20 Å². The van der Waals surface area contributed by atoms with Crippen molar-refractivity contribution in [3.05, 3.63) is 116 Å². The number of nitrogens with zero attached hydrogens (tertiary/aromatic N) is 5. The molecule has 0 saturated heterocycles. The molecule has 0 radical (unpaired) electrons. The number of anilines is 2. The van der Waals surface area contributed by atoms with E-state index in [1.165, 1.54) is 22.1 Å². The van der Waals surface area contributed by atoms with Gasteiger partial charge in [-0.3, -0.25) is 9.67 Å². The smallest absolute Gasteiger partial charge is 0.413 e. The van der Waals surface area contributed by atoms with Crippen LogP contribution in [0.5, 0.6) is 0 Å². The van der Waals surface area contributed by atoms with Crippen molar-refractivity contribution in [2.45, 2.75) is 0 Å². The molecule has 4 aromatic carbocycles. The number of rotatable bonds is 2. The van der Waals surface area contributed by atoms with Crippen molar-refractivity contribution in [2.75, 3.05) is 4.81 Å². The van der Waals surface area contributed by atoms with Crippen LogP contribution in [0, 0.1) is 12.1 Å². The monoisotopic (exact) mass is 579 g/mol. The van der Waals surface area contributed by atoms with Crippen LogP contribution in [0.4, 0.5) is 11.4 Å². The van der Waals surface area contributed by atoms with Crippen molar-refractivity contribution in [1.29, 1.82) is 0 Å².